The van der Waals surface area contributed by atoms with Crippen LogP contribution < -0.4 is 4.74 Å². The van der Waals surface area contributed by atoms with Crippen LogP contribution in [0.4, 0.5) is 0 Å². The van der Waals surface area contributed by atoms with Gasteiger partial charge in [0, 0.05) is 36.0 Å². The van der Waals surface area contributed by atoms with E-state index in [1.807, 2.05) is 50.4 Å². The summed E-state index contributed by atoms with van der Waals surface area (Å²) in [7, 11) is 0. The van der Waals surface area contributed by atoms with Crippen LogP contribution in [0.2, 0.25) is 0 Å². The van der Waals surface area contributed by atoms with Gasteiger partial charge < -0.3 is 9.84 Å². The summed E-state index contributed by atoms with van der Waals surface area (Å²) >= 11 is 1.67. The fourth-order valence-electron chi connectivity index (χ4n) is 5.32. The Balaban J connectivity index is 1.58. The molecule has 5 nitrogen and oxygen atoms in total. The van der Waals surface area contributed by atoms with E-state index < -0.39 is 11.6 Å². The minimum Gasteiger partial charge on any atom is -0.478 e. The molecule has 1 heterocycles. The number of ether oxygens (including phenoxy) is 1. The molecule has 0 radical (unpaired) electrons. The number of carboxylic acids is 1. The number of rotatable bonds is 10. The zero-order chi connectivity index (χ0) is 27.4. The highest BCUT2D eigenvalue weighted by molar-refractivity contribution is 7.98. The maximum atomic E-state index is 13.7. The average molecular weight is 532 g/mol. The highest BCUT2D eigenvalue weighted by Gasteiger charge is 2.38. The van der Waals surface area contributed by atoms with Crippen molar-refractivity contribution in [1.82, 2.24) is 4.90 Å². The molecule has 0 bridgehead atoms. The van der Waals surface area contributed by atoms with E-state index in [1.54, 1.807) is 25.6 Å². The van der Waals surface area contributed by atoms with Gasteiger partial charge in [0.25, 0.3) is 0 Å². The van der Waals surface area contributed by atoms with E-state index in [4.69, 9.17) is 4.74 Å². The van der Waals surface area contributed by atoms with Crippen LogP contribution in [0.5, 0.6) is 5.75 Å². The number of hydrogen-bond donors (Lipinski definition) is 1. The van der Waals surface area contributed by atoms with E-state index in [1.165, 1.54) is 5.56 Å². The number of aliphatic carboxylic acids is 1. The Morgan fingerprint density at radius 3 is 2.18 bits per heavy atom. The minimum absolute atomic E-state index is 0.0960. The van der Waals surface area contributed by atoms with Crippen molar-refractivity contribution >= 4 is 23.5 Å². The third-order valence-corrected chi connectivity index (χ3v) is 8.11. The molecular formula is C32H37NO4S. The average Bonchev–Trinajstić information content (AvgIpc) is 3.28. The van der Waals surface area contributed by atoms with E-state index in [0.717, 1.165) is 53.2 Å². The van der Waals surface area contributed by atoms with E-state index in [9.17, 15) is 14.7 Å². The number of carboxylic acid groups (broad SMARTS) is 1. The summed E-state index contributed by atoms with van der Waals surface area (Å²) in [6.45, 7) is 9.42. The van der Waals surface area contributed by atoms with Crippen LogP contribution in [0.25, 0.3) is 0 Å². The molecule has 200 valence electrons. The first-order chi connectivity index (χ1) is 18.1. The molecule has 38 heavy (non-hydrogen) atoms. The van der Waals surface area contributed by atoms with Crippen LogP contribution in [-0.4, -0.2) is 46.7 Å². The SMILES string of the molecule is CSc1ccc(C(=O)[C@@H]2CN(Cc3ccccc3)C[C@H]2Cc2cc(C)c(OC(C)(C)C(=O)O)c(C)c2)cc1. The third kappa shape index (κ3) is 6.48. The second-order valence-electron chi connectivity index (χ2n) is 10.8. The Morgan fingerprint density at radius 2 is 1.61 bits per heavy atom. The Labute approximate surface area is 230 Å². The fourth-order valence-corrected chi connectivity index (χ4v) is 5.73. The van der Waals surface area contributed by atoms with Gasteiger partial charge in [-0.1, -0.05) is 54.6 Å². The van der Waals surface area contributed by atoms with Gasteiger partial charge in [0.05, 0.1) is 0 Å². The van der Waals surface area contributed by atoms with Crippen LogP contribution in [-0.2, 0) is 17.8 Å². The number of Topliss-reactive ketones (excluding diaryl/α,β-unsaturated/α-hetero) is 1. The van der Waals surface area contributed by atoms with Crippen LogP contribution in [0, 0.1) is 25.7 Å². The molecule has 0 amide bonds. The van der Waals surface area contributed by atoms with Gasteiger partial charge in [0.15, 0.2) is 11.4 Å². The molecule has 3 aromatic rings. The lowest BCUT2D eigenvalue weighted by Gasteiger charge is -2.25. The van der Waals surface area contributed by atoms with E-state index in [2.05, 4.69) is 41.3 Å². The molecule has 0 spiro atoms. The van der Waals surface area contributed by atoms with E-state index in [-0.39, 0.29) is 17.6 Å². The van der Waals surface area contributed by atoms with Crippen LogP contribution >= 0.6 is 11.8 Å². The number of hydrogen-bond acceptors (Lipinski definition) is 5. The maximum Gasteiger partial charge on any atom is 0.347 e. The number of likely N-dealkylation sites (tertiary alicyclic amines) is 1. The molecule has 4 rings (SSSR count). The van der Waals surface area contributed by atoms with Crippen molar-refractivity contribution in [1.29, 1.82) is 0 Å². The molecule has 1 aliphatic heterocycles. The third-order valence-electron chi connectivity index (χ3n) is 7.37. The standard InChI is InChI=1S/C32H37NO4S/c1-21-15-24(16-22(2)30(21)37-32(3,4)31(35)36)17-26-19-33(18-23-9-7-6-8-10-23)20-28(26)29(34)25-11-13-27(38-5)14-12-25/h6-16,26,28H,17-20H2,1-5H3,(H,35,36)/t26-,28-/m1/s1. The fraction of sp³-hybridized carbons (Fsp3) is 0.375. The molecular weight excluding hydrogens is 494 g/mol. The molecule has 6 heteroatoms. The van der Waals surface area contributed by atoms with Crippen molar-refractivity contribution in [3.8, 4) is 5.75 Å². The molecule has 3 aromatic carbocycles. The first kappa shape index (κ1) is 27.9. The lowest BCUT2D eigenvalue weighted by Crippen LogP contribution is -2.38. The number of benzene rings is 3. The summed E-state index contributed by atoms with van der Waals surface area (Å²) in [6, 6.07) is 22.5. The smallest absolute Gasteiger partial charge is 0.347 e. The molecule has 0 aromatic heterocycles. The predicted molar refractivity (Wildman–Crippen MR) is 153 cm³/mol. The van der Waals surface area contributed by atoms with E-state index in [0.29, 0.717) is 5.75 Å². The number of nitrogens with zero attached hydrogens (tertiary/aromatic N) is 1. The summed E-state index contributed by atoms with van der Waals surface area (Å²) in [5.74, 6) is -0.111. The van der Waals surface area contributed by atoms with Crippen molar-refractivity contribution in [3.63, 3.8) is 0 Å². The van der Waals surface area contributed by atoms with Gasteiger partial charge in [0.2, 0.25) is 0 Å². The Morgan fingerprint density at radius 1 is 0.974 bits per heavy atom. The van der Waals surface area contributed by atoms with Gasteiger partial charge in [-0.2, -0.15) is 0 Å². The number of thioether (sulfide) groups is 1. The Bertz CT molecular complexity index is 1260. The first-order valence-electron chi connectivity index (χ1n) is 13.0. The summed E-state index contributed by atoms with van der Waals surface area (Å²) in [4.78, 5) is 28.9. The largest absolute Gasteiger partial charge is 0.478 e. The van der Waals surface area contributed by atoms with E-state index >= 15 is 0 Å². The van der Waals surface area contributed by atoms with Gasteiger partial charge in [0.1, 0.15) is 5.75 Å². The maximum absolute atomic E-state index is 13.7. The van der Waals surface area contributed by atoms with Crippen molar-refractivity contribution in [3.05, 3.63) is 94.5 Å². The second kappa shape index (κ2) is 11.7. The first-order valence-corrected chi connectivity index (χ1v) is 14.3. The minimum atomic E-state index is -1.32. The molecule has 1 aliphatic rings. The summed E-state index contributed by atoms with van der Waals surface area (Å²) in [5, 5.41) is 9.50. The summed E-state index contributed by atoms with van der Waals surface area (Å²) in [6.07, 6.45) is 2.81. The predicted octanol–water partition coefficient (Wildman–Crippen LogP) is 6.44. The van der Waals surface area contributed by atoms with Gasteiger partial charge in [-0.05, 0) is 80.7 Å². The van der Waals surface area contributed by atoms with Crippen molar-refractivity contribution < 1.29 is 19.4 Å². The van der Waals surface area contributed by atoms with Gasteiger partial charge in [-0.15, -0.1) is 11.8 Å². The highest BCUT2D eigenvalue weighted by Crippen LogP contribution is 2.34. The van der Waals surface area contributed by atoms with Crippen LogP contribution in [0.15, 0.2) is 71.6 Å². The van der Waals surface area contributed by atoms with Gasteiger partial charge >= 0.3 is 5.97 Å². The normalized spacial score (nSPS) is 17.9. The Kier molecular flexibility index (Phi) is 8.64. The molecule has 2 atom stereocenters. The number of ketones is 1. The van der Waals surface area contributed by atoms with Crippen molar-refractivity contribution in [2.24, 2.45) is 11.8 Å². The second-order valence-corrected chi connectivity index (χ2v) is 11.7. The van der Waals surface area contributed by atoms with Crippen LogP contribution in [0.1, 0.15) is 46.5 Å². The number of aryl methyl sites for hydroxylation is 2. The monoisotopic (exact) mass is 531 g/mol. The van der Waals surface area contributed by atoms with Gasteiger partial charge in [-0.25, -0.2) is 4.79 Å². The number of carbonyl (C=O) groups is 2. The summed E-state index contributed by atoms with van der Waals surface area (Å²) < 4.78 is 5.91. The molecule has 1 saturated heterocycles. The lowest BCUT2D eigenvalue weighted by molar-refractivity contribution is -0.152. The van der Waals surface area contributed by atoms with Crippen molar-refractivity contribution in [2.75, 3.05) is 19.3 Å². The molecule has 0 aliphatic carbocycles. The molecule has 0 saturated carbocycles. The summed E-state index contributed by atoms with van der Waals surface area (Å²) in [5.41, 5.74) is 3.66. The molecule has 0 unspecified atom stereocenters. The van der Waals surface area contributed by atoms with Crippen LogP contribution in [0.3, 0.4) is 0 Å². The van der Waals surface area contributed by atoms with Crippen molar-refractivity contribution in [2.45, 2.75) is 51.2 Å². The Hall–Kier alpha value is -3.09. The highest BCUT2D eigenvalue weighted by atomic mass is 32.2. The topological polar surface area (TPSA) is 66.8 Å². The molecule has 1 fully saturated rings. The molecule has 1 N–H and O–H groups in total. The van der Waals surface area contributed by atoms with Gasteiger partial charge in [-0.3, -0.25) is 9.69 Å². The zero-order valence-electron chi connectivity index (χ0n) is 22.9. The number of carbonyl (C=O) groups excluding carboxylic acids is 1. The lowest BCUT2D eigenvalue weighted by atomic mass is 9.84. The zero-order valence-corrected chi connectivity index (χ0v) is 23.7. The quantitative estimate of drug-likeness (QED) is 0.240.